The lowest BCUT2D eigenvalue weighted by Crippen LogP contribution is -2.21. The van der Waals surface area contributed by atoms with Crippen LogP contribution in [0.3, 0.4) is 0 Å². The molecule has 4 nitrogen and oxygen atoms in total. The summed E-state index contributed by atoms with van der Waals surface area (Å²) in [6.07, 6.45) is 2.28. The average molecular weight is 283 g/mol. The van der Waals surface area contributed by atoms with Crippen LogP contribution in [-0.4, -0.2) is 25.9 Å². The Balaban J connectivity index is 2.19. The van der Waals surface area contributed by atoms with Gasteiger partial charge >= 0.3 is 0 Å². The van der Waals surface area contributed by atoms with E-state index in [9.17, 15) is 0 Å². The van der Waals surface area contributed by atoms with Gasteiger partial charge in [-0.15, -0.1) is 0 Å². The van der Waals surface area contributed by atoms with Crippen molar-refractivity contribution in [1.82, 2.24) is 5.32 Å². The van der Waals surface area contributed by atoms with Crippen molar-refractivity contribution in [3.63, 3.8) is 0 Å². The van der Waals surface area contributed by atoms with Gasteiger partial charge in [-0.05, 0) is 19.4 Å². The second-order valence-corrected chi connectivity index (χ2v) is 5.35. The van der Waals surface area contributed by atoms with E-state index in [-0.39, 0.29) is 0 Å². The van der Waals surface area contributed by atoms with Crippen molar-refractivity contribution >= 4 is 0 Å². The van der Waals surface area contributed by atoms with Gasteiger partial charge in [0.1, 0.15) is 18.1 Å². The maximum absolute atomic E-state index is 5.69. The molecule has 1 N–H and O–H groups in total. The minimum atomic E-state index is 0.476. The van der Waals surface area contributed by atoms with Gasteiger partial charge in [0, 0.05) is 24.8 Å². The van der Waals surface area contributed by atoms with E-state index in [1.807, 2.05) is 6.92 Å². The van der Waals surface area contributed by atoms with Gasteiger partial charge in [0.2, 0.25) is 0 Å². The Hall–Kier alpha value is -0.840. The lowest BCUT2D eigenvalue weighted by atomic mass is 10.2. The molecule has 116 valence electrons. The van der Waals surface area contributed by atoms with Gasteiger partial charge in [0.25, 0.3) is 0 Å². The van der Waals surface area contributed by atoms with Crippen molar-refractivity contribution in [2.75, 3.05) is 19.8 Å². The van der Waals surface area contributed by atoms with Gasteiger partial charge < -0.3 is 19.2 Å². The number of furan rings is 1. The Kier molecular flexibility index (Phi) is 8.58. The zero-order chi connectivity index (χ0) is 14.8. The molecule has 0 bridgehead atoms. The van der Waals surface area contributed by atoms with Crippen molar-refractivity contribution in [1.29, 1.82) is 0 Å². The van der Waals surface area contributed by atoms with Crippen LogP contribution in [0.25, 0.3) is 0 Å². The average Bonchev–Trinajstić information content (AvgIpc) is 2.76. The molecule has 1 aromatic heterocycles. The highest BCUT2D eigenvalue weighted by molar-refractivity contribution is 5.20. The van der Waals surface area contributed by atoms with Crippen molar-refractivity contribution in [2.24, 2.45) is 0 Å². The Morgan fingerprint density at radius 3 is 2.65 bits per heavy atom. The van der Waals surface area contributed by atoms with Gasteiger partial charge in [-0.1, -0.05) is 27.2 Å². The number of aryl methyl sites for hydroxylation is 1. The molecular weight excluding hydrogens is 254 g/mol. The Labute approximate surface area is 122 Å². The van der Waals surface area contributed by atoms with E-state index < -0.39 is 0 Å². The Bertz CT molecular complexity index is 361. The molecule has 0 aliphatic carbocycles. The van der Waals surface area contributed by atoms with Crippen molar-refractivity contribution in [3.8, 4) is 0 Å². The van der Waals surface area contributed by atoms with Crippen molar-refractivity contribution in [3.05, 3.63) is 23.2 Å². The highest BCUT2D eigenvalue weighted by atomic mass is 16.5. The minimum absolute atomic E-state index is 0.476. The zero-order valence-electron chi connectivity index (χ0n) is 13.3. The highest BCUT2D eigenvalue weighted by Crippen LogP contribution is 2.15. The summed E-state index contributed by atoms with van der Waals surface area (Å²) in [5.41, 5.74) is 1.21. The lowest BCUT2D eigenvalue weighted by Gasteiger charge is -2.06. The number of hydrogen-bond donors (Lipinski definition) is 1. The quantitative estimate of drug-likeness (QED) is 0.632. The van der Waals surface area contributed by atoms with E-state index in [1.54, 1.807) is 0 Å². The first kappa shape index (κ1) is 17.2. The fourth-order valence-electron chi connectivity index (χ4n) is 1.79. The summed E-state index contributed by atoms with van der Waals surface area (Å²) in [6, 6.07) is 2.55. The second kappa shape index (κ2) is 9.97. The zero-order valence-corrected chi connectivity index (χ0v) is 13.3. The van der Waals surface area contributed by atoms with Crippen LogP contribution in [0.5, 0.6) is 0 Å². The fraction of sp³-hybridized carbons (Fsp3) is 0.750. The standard InChI is InChI=1S/C16H29NO3/c1-5-6-7-18-8-9-19-12-16-10-15(14(4)20-16)11-17-13(2)3/h10,13,17H,5-9,11-12H2,1-4H3. The lowest BCUT2D eigenvalue weighted by molar-refractivity contribution is 0.0337. The number of rotatable bonds is 11. The van der Waals surface area contributed by atoms with Gasteiger partial charge in [0.15, 0.2) is 0 Å². The van der Waals surface area contributed by atoms with Gasteiger partial charge in [-0.2, -0.15) is 0 Å². The van der Waals surface area contributed by atoms with Crippen LogP contribution in [0, 0.1) is 6.92 Å². The molecule has 1 heterocycles. The third kappa shape index (κ3) is 7.08. The highest BCUT2D eigenvalue weighted by Gasteiger charge is 2.07. The second-order valence-electron chi connectivity index (χ2n) is 5.35. The summed E-state index contributed by atoms with van der Waals surface area (Å²) >= 11 is 0. The van der Waals surface area contributed by atoms with Crippen molar-refractivity contribution < 1.29 is 13.9 Å². The Morgan fingerprint density at radius 1 is 1.20 bits per heavy atom. The minimum Gasteiger partial charge on any atom is -0.464 e. The molecule has 0 saturated carbocycles. The molecular formula is C16H29NO3. The smallest absolute Gasteiger partial charge is 0.130 e. The maximum Gasteiger partial charge on any atom is 0.130 e. The van der Waals surface area contributed by atoms with E-state index >= 15 is 0 Å². The molecule has 1 rings (SSSR count). The van der Waals surface area contributed by atoms with Gasteiger partial charge in [-0.3, -0.25) is 0 Å². The summed E-state index contributed by atoms with van der Waals surface area (Å²) in [5, 5.41) is 3.39. The largest absolute Gasteiger partial charge is 0.464 e. The first-order chi connectivity index (χ1) is 9.63. The van der Waals surface area contributed by atoms with E-state index in [4.69, 9.17) is 13.9 Å². The van der Waals surface area contributed by atoms with E-state index in [2.05, 4.69) is 32.2 Å². The van der Waals surface area contributed by atoms with Crippen LogP contribution >= 0.6 is 0 Å². The number of nitrogens with one attached hydrogen (secondary N) is 1. The van der Waals surface area contributed by atoms with Crippen molar-refractivity contribution in [2.45, 2.75) is 59.7 Å². The van der Waals surface area contributed by atoms with E-state index in [0.29, 0.717) is 25.9 Å². The third-order valence-electron chi connectivity index (χ3n) is 3.03. The first-order valence-corrected chi connectivity index (χ1v) is 7.60. The summed E-state index contributed by atoms with van der Waals surface area (Å²) in [4.78, 5) is 0. The molecule has 0 amide bonds. The van der Waals surface area contributed by atoms with Crippen LogP contribution in [0.15, 0.2) is 10.5 Å². The van der Waals surface area contributed by atoms with Crippen LogP contribution in [-0.2, 0) is 22.6 Å². The molecule has 4 heteroatoms. The molecule has 1 aromatic rings. The normalized spacial score (nSPS) is 11.4. The molecule has 0 aliphatic rings. The molecule has 0 unspecified atom stereocenters. The van der Waals surface area contributed by atoms with Crippen LogP contribution < -0.4 is 5.32 Å². The number of unbranched alkanes of at least 4 members (excludes halogenated alkanes) is 1. The monoisotopic (exact) mass is 283 g/mol. The van der Waals surface area contributed by atoms with Gasteiger partial charge in [-0.25, -0.2) is 0 Å². The summed E-state index contributed by atoms with van der Waals surface area (Å²) < 4.78 is 16.7. The van der Waals surface area contributed by atoms with Crippen LogP contribution in [0.1, 0.15) is 50.7 Å². The summed E-state index contributed by atoms with van der Waals surface area (Å²) in [7, 11) is 0. The molecule has 0 fully saturated rings. The van der Waals surface area contributed by atoms with Gasteiger partial charge in [0.05, 0.1) is 13.2 Å². The predicted molar refractivity (Wildman–Crippen MR) is 80.8 cm³/mol. The van der Waals surface area contributed by atoms with Crippen LogP contribution in [0.2, 0.25) is 0 Å². The van der Waals surface area contributed by atoms with E-state index in [0.717, 1.165) is 31.1 Å². The molecule has 20 heavy (non-hydrogen) atoms. The maximum atomic E-state index is 5.69. The number of ether oxygens (including phenoxy) is 2. The number of hydrogen-bond acceptors (Lipinski definition) is 4. The van der Waals surface area contributed by atoms with Crippen LogP contribution in [0.4, 0.5) is 0 Å². The van der Waals surface area contributed by atoms with E-state index in [1.165, 1.54) is 12.0 Å². The fourth-order valence-corrected chi connectivity index (χ4v) is 1.79. The SMILES string of the molecule is CCCCOCCOCc1cc(CNC(C)C)c(C)o1. The Morgan fingerprint density at radius 2 is 1.95 bits per heavy atom. The summed E-state index contributed by atoms with van der Waals surface area (Å²) in [6.45, 7) is 11.9. The molecule has 0 aliphatic heterocycles. The topological polar surface area (TPSA) is 43.6 Å². The third-order valence-corrected chi connectivity index (χ3v) is 3.03. The molecule has 0 aromatic carbocycles. The summed E-state index contributed by atoms with van der Waals surface area (Å²) in [5.74, 6) is 1.85. The molecule has 0 atom stereocenters. The predicted octanol–water partition coefficient (Wildman–Crippen LogP) is 3.42. The molecule has 0 saturated heterocycles. The molecule has 0 spiro atoms. The molecule has 0 radical (unpaired) electrons. The first-order valence-electron chi connectivity index (χ1n) is 7.60.